The molecule has 2 heterocycles. The lowest BCUT2D eigenvalue weighted by molar-refractivity contribution is 0.101. The number of ketones is 1. The molecule has 0 saturated heterocycles. The lowest BCUT2D eigenvalue weighted by Gasteiger charge is -1.92. The minimum absolute atomic E-state index is 0.128. The number of rotatable bonds is 0. The maximum Gasteiger partial charge on any atom is 0.185 e. The maximum absolute atomic E-state index is 11.0. The zero-order chi connectivity index (χ0) is 6.97. The van der Waals surface area contributed by atoms with Crippen LogP contribution in [0.2, 0.25) is 0 Å². The third-order valence-electron chi connectivity index (χ3n) is 1.56. The van der Waals surface area contributed by atoms with Gasteiger partial charge in [0.15, 0.2) is 5.78 Å². The SMILES string of the molecule is O=C1CNc2ccncc21. The molecule has 2 rings (SSSR count). The first-order chi connectivity index (χ1) is 4.88. The molecule has 1 aliphatic heterocycles. The Labute approximate surface area is 58.1 Å². The van der Waals surface area contributed by atoms with Gasteiger partial charge in [-0.1, -0.05) is 0 Å². The zero-order valence-corrected chi connectivity index (χ0v) is 5.29. The Morgan fingerprint density at radius 3 is 3.30 bits per heavy atom. The molecule has 0 aromatic carbocycles. The van der Waals surface area contributed by atoms with E-state index < -0.39 is 0 Å². The molecule has 1 aliphatic rings. The molecule has 0 aliphatic carbocycles. The third-order valence-corrected chi connectivity index (χ3v) is 1.56. The minimum Gasteiger partial charge on any atom is -0.377 e. The van der Waals surface area contributed by atoms with E-state index in [9.17, 15) is 4.79 Å². The number of nitrogens with zero attached hydrogens (tertiary/aromatic N) is 1. The molecule has 10 heavy (non-hydrogen) atoms. The van der Waals surface area contributed by atoms with Crippen molar-refractivity contribution in [2.24, 2.45) is 0 Å². The summed E-state index contributed by atoms with van der Waals surface area (Å²) in [6, 6.07) is 1.81. The summed E-state index contributed by atoms with van der Waals surface area (Å²) in [5.41, 5.74) is 1.61. The van der Waals surface area contributed by atoms with Crippen LogP contribution < -0.4 is 5.32 Å². The average molecular weight is 134 g/mol. The molecule has 0 unspecified atom stereocenters. The van der Waals surface area contributed by atoms with E-state index in [0.29, 0.717) is 12.1 Å². The van der Waals surface area contributed by atoms with Crippen molar-refractivity contribution in [1.82, 2.24) is 4.98 Å². The Balaban J connectivity index is 2.61. The molecular formula is C7H6N2O. The highest BCUT2D eigenvalue weighted by Gasteiger charge is 2.17. The van der Waals surface area contributed by atoms with E-state index in [4.69, 9.17) is 0 Å². The smallest absolute Gasteiger partial charge is 0.185 e. The Hall–Kier alpha value is -1.38. The molecule has 0 saturated carbocycles. The number of Topliss-reactive ketones (excluding diaryl/α,β-unsaturated/α-hetero) is 1. The van der Waals surface area contributed by atoms with Crippen molar-refractivity contribution >= 4 is 11.5 Å². The Morgan fingerprint density at radius 1 is 1.60 bits per heavy atom. The van der Waals surface area contributed by atoms with Gasteiger partial charge >= 0.3 is 0 Å². The van der Waals surface area contributed by atoms with E-state index in [1.807, 2.05) is 0 Å². The first-order valence-electron chi connectivity index (χ1n) is 3.09. The lowest BCUT2D eigenvalue weighted by Crippen LogP contribution is -2.00. The van der Waals surface area contributed by atoms with Crippen molar-refractivity contribution in [2.75, 3.05) is 11.9 Å². The number of fused-ring (bicyclic) bond motifs is 1. The first kappa shape index (κ1) is 5.41. The largest absolute Gasteiger partial charge is 0.377 e. The molecule has 1 aromatic heterocycles. The molecule has 3 heteroatoms. The maximum atomic E-state index is 11.0. The van der Waals surface area contributed by atoms with Gasteiger partial charge in [-0.2, -0.15) is 0 Å². The number of nitrogens with one attached hydrogen (secondary N) is 1. The predicted octanol–water partition coefficient (Wildman–Crippen LogP) is 0.690. The van der Waals surface area contributed by atoms with Gasteiger partial charge < -0.3 is 5.32 Å². The van der Waals surface area contributed by atoms with E-state index >= 15 is 0 Å². The van der Waals surface area contributed by atoms with Crippen molar-refractivity contribution in [3.8, 4) is 0 Å². The summed E-state index contributed by atoms with van der Waals surface area (Å²) < 4.78 is 0. The summed E-state index contributed by atoms with van der Waals surface area (Å²) in [6.45, 7) is 0.418. The molecule has 3 nitrogen and oxygen atoms in total. The zero-order valence-electron chi connectivity index (χ0n) is 5.29. The second-order valence-electron chi connectivity index (χ2n) is 2.20. The number of hydrogen-bond donors (Lipinski definition) is 1. The van der Waals surface area contributed by atoms with Gasteiger partial charge in [-0.3, -0.25) is 9.78 Å². The Morgan fingerprint density at radius 2 is 2.50 bits per heavy atom. The van der Waals surface area contributed by atoms with E-state index in [-0.39, 0.29) is 5.78 Å². The van der Waals surface area contributed by atoms with E-state index in [1.165, 1.54) is 0 Å². The topological polar surface area (TPSA) is 42.0 Å². The van der Waals surface area contributed by atoms with Gasteiger partial charge in [-0.25, -0.2) is 0 Å². The van der Waals surface area contributed by atoms with Crippen molar-refractivity contribution in [1.29, 1.82) is 0 Å². The molecule has 0 amide bonds. The number of carbonyl (C=O) groups is 1. The van der Waals surface area contributed by atoms with E-state index in [2.05, 4.69) is 10.3 Å². The van der Waals surface area contributed by atoms with Crippen LogP contribution in [0.4, 0.5) is 5.69 Å². The van der Waals surface area contributed by atoms with E-state index in [0.717, 1.165) is 5.69 Å². The highest BCUT2D eigenvalue weighted by Crippen LogP contribution is 2.18. The van der Waals surface area contributed by atoms with Gasteiger partial charge in [-0.15, -0.1) is 0 Å². The fourth-order valence-corrected chi connectivity index (χ4v) is 1.04. The quantitative estimate of drug-likeness (QED) is 0.567. The van der Waals surface area contributed by atoms with Crippen LogP contribution in [-0.4, -0.2) is 17.3 Å². The van der Waals surface area contributed by atoms with Crippen molar-refractivity contribution < 1.29 is 4.79 Å². The minimum atomic E-state index is 0.128. The van der Waals surface area contributed by atoms with Crippen molar-refractivity contribution in [3.63, 3.8) is 0 Å². The standard InChI is InChI=1S/C7H6N2O/c10-7-4-9-6-1-2-8-3-5(6)7/h1-3,9H,4H2. The fraction of sp³-hybridized carbons (Fsp3) is 0.143. The first-order valence-corrected chi connectivity index (χ1v) is 3.09. The second kappa shape index (κ2) is 1.80. The van der Waals surface area contributed by atoms with Crippen LogP contribution in [-0.2, 0) is 0 Å². The van der Waals surface area contributed by atoms with Crippen molar-refractivity contribution in [3.05, 3.63) is 24.0 Å². The summed E-state index contributed by atoms with van der Waals surface area (Å²) in [5, 5.41) is 2.96. The number of carbonyl (C=O) groups excluding carboxylic acids is 1. The van der Waals surface area contributed by atoms with Crippen LogP contribution in [0.25, 0.3) is 0 Å². The third kappa shape index (κ3) is 0.603. The molecule has 0 fully saturated rings. The monoisotopic (exact) mass is 134 g/mol. The van der Waals surface area contributed by atoms with Crippen LogP contribution in [0.3, 0.4) is 0 Å². The van der Waals surface area contributed by atoms with Gasteiger partial charge in [0, 0.05) is 18.1 Å². The summed E-state index contributed by atoms with van der Waals surface area (Å²) in [4.78, 5) is 14.8. The Bertz CT molecular complexity index is 283. The molecule has 0 spiro atoms. The van der Waals surface area contributed by atoms with Gasteiger partial charge in [0.05, 0.1) is 12.1 Å². The van der Waals surface area contributed by atoms with Crippen LogP contribution >= 0.6 is 0 Å². The van der Waals surface area contributed by atoms with Gasteiger partial charge in [0.25, 0.3) is 0 Å². The molecule has 1 aromatic rings. The number of pyridine rings is 1. The van der Waals surface area contributed by atoms with Crippen LogP contribution in [0.15, 0.2) is 18.5 Å². The average Bonchev–Trinajstić information content (AvgIpc) is 2.34. The van der Waals surface area contributed by atoms with Gasteiger partial charge in [0.1, 0.15) is 0 Å². The molecule has 50 valence electrons. The highest BCUT2D eigenvalue weighted by molar-refractivity contribution is 6.07. The fourth-order valence-electron chi connectivity index (χ4n) is 1.04. The number of aromatic nitrogens is 1. The summed E-state index contributed by atoms with van der Waals surface area (Å²) >= 11 is 0. The van der Waals surface area contributed by atoms with E-state index in [1.54, 1.807) is 18.5 Å². The van der Waals surface area contributed by atoms with Gasteiger partial charge in [-0.05, 0) is 6.07 Å². The van der Waals surface area contributed by atoms with Crippen LogP contribution in [0.1, 0.15) is 10.4 Å². The highest BCUT2D eigenvalue weighted by atomic mass is 16.1. The van der Waals surface area contributed by atoms with Crippen molar-refractivity contribution in [2.45, 2.75) is 0 Å². The van der Waals surface area contributed by atoms with Crippen LogP contribution in [0.5, 0.6) is 0 Å². The molecule has 0 atom stereocenters. The summed E-state index contributed by atoms with van der Waals surface area (Å²) in [7, 11) is 0. The molecule has 0 bridgehead atoms. The molecule has 1 N–H and O–H groups in total. The summed E-state index contributed by atoms with van der Waals surface area (Å²) in [6.07, 6.45) is 3.27. The second-order valence-corrected chi connectivity index (χ2v) is 2.20. The predicted molar refractivity (Wildman–Crippen MR) is 37.1 cm³/mol. The molecular weight excluding hydrogens is 128 g/mol. The normalized spacial score (nSPS) is 14.6. The number of hydrogen-bond acceptors (Lipinski definition) is 3. The van der Waals surface area contributed by atoms with Gasteiger partial charge in [0.2, 0.25) is 0 Å². The summed E-state index contributed by atoms with van der Waals surface area (Å²) in [5.74, 6) is 0.128. The van der Waals surface area contributed by atoms with Crippen LogP contribution in [0, 0.1) is 0 Å². The lowest BCUT2D eigenvalue weighted by atomic mass is 10.2. The Kier molecular flexibility index (Phi) is 0.974. The molecule has 0 radical (unpaired) electrons. The number of anilines is 1.